The summed E-state index contributed by atoms with van der Waals surface area (Å²) in [5.74, 6) is 2.41. The van der Waals surface area contributed by atoms with Crippen LogP contribution in [-0.2, 0) is 22.6 Å². The average Bonchev–Trinajstić information content (AvgIpc) is 3.46. The molecule has 1 amide bonds. The Hall–Kier alpha value is -2.27. The lowest BCUT2D eigenvalue weighted by Crippen LogP contribution is -2.42. The molecule has 2 aromatic rings. The van der Waals surface area contributed by atoms with Crippen molar-refractivity contribution in [3.63, 3.8) is 0 Å². The molecule has 0 bridgehead atoms. The van der Waals surface area contributed by atoms with Gasteiger partial charge in [0, 0.05) is 31.7 Å². The number of rotatable bonds is 9. The van der Waals surface area contributed by atoms with Crippen LogP contribution in [0.4, 0.5) is 0 Å². The highest BCUT2D eigenvalue weighted by molar-refractivity contribution is 14.0. The van der Waals surface area contributed by atoms with Crippen LogP contribution in [-0.4, -0.2) is 45.3 Å². The van der Waals surface area contributed by atoms with E-state index in [1.807, 2.05) is 25.1 Å². The van der Waals surface area contributed by atoms with Gasteiger partial charge < -0.3 is 29.8 Å². The Kier molecular flexibility index (Phi) is 10.6. The molecule has 3 N–H and O–H groups in total. The molecule has 9 heteroatoms. The second kappa shape index (κ2) is 13.2. The van der Waals surface area contributed by atoms with Gasteiger partial charge in [-0.05, 0) is 37.1 Å². The fourth-order valence-electron chi connectivity index (χ4n) is 3.09. The lowest BCUT2D eigenvalue weighted by atomic mass is 10.1. The molecule has 1 unspecified atom stereocenters. The van der Waals surface area contributed by atoms with Crippen LogP contribution in [0.5, 0.6) is 5.75 Å². The highest BCUT2D eigenvalue weighted by Gasteiger charge is 2.17. The largest absolute Gasteiger partial charge is 0.493 e. The molecule has 31 heavy (non-hydrogen) atoms. The molecule has 1 aromatic heterocycles. The summed E-state index contributed by atoms with van der Waals surface area (Å²) in [6.07, 6.45) is 2.62. The van der Waals surface area contributed by atoms with Gasteiger partial charge in [-0.1, -0.05) is 12.1 Å². The van der Waals surface area contributed by atoms with E-state index in [2.05, 4.69) is 27.0 Å². The fraction of sp³-hybridized carbons (Fsp3) is 0.455. The first kappa shape index (κ1) is 25.0. The molecule has 170 valence electrons. The summed E-state index contributed by atoms with van der Waals surface area (Å²) >= 11 is 0. The number of nitrogens with one attached hydrogen (secondary N) is 3. The minimum atomic E-state index is -0.146. The molecule has 1 fully saturated rings. The summed E-state index contributed by atoms with van der Waals surface area (Å²) in [7, 11) is 1.67. The Morgan fingerprint density at radius 1 is 1.23 bits per heavy atom. The molecular weight excluding hydrogens is 511 g/mol. The van der Waals surface area contributed by atoms with Crippen molar-refractivity contribution in [1.82, 2.24) is 16.0 Å². The molecule has 1 aliphatic rings. The third-order valence-corrected chi connectivity index (χ3v) is 4.85. The van der Waals surface area contributed by atoms with Crippen LogP contribution in [0.15, 0.2) is 46.0 Å². The van der Waals surface area contributed by atoms with E-state index in [9.17, 15) is 4.79 Å². The number of carbonyl (C=O) groups excluding carboxylic acids is 1. The van der Waals surface area contributed by atoms with E-state index in [0.29, 0.717) is 37.3 Å². The normalized spacial score (nSPS) is 15.8. The second-order valence-electron chi connectivity index (χ2n) is 7.29. The van der Waals surface area contributed by atoms with Crippen LogP contribution < -0.4 is 20.7 Å². The van der Waals surface area contributed by atoms with Gasteiger partial charge in [-0.25, -0.2) is 0 Å². The van der Waals surface area contributed by atoms with Gasteiger partial charge >= 0.3 is 0 Å². The van der Waals surface area contributed by atoms with Gasteiger partial charge in [-0.15, -0.1) is 24.0 Å². The fourth-order valence-corrected chi connectivity index (χ4v) is 3.09. The molecule has 0 aliphatic carbocycles. The number of aryl methyl sites for hydroxylation is 1. The zero-order chi connectivity index (χ0) is 21.2. The molecule has 1 atom stereocenters. The molecule has 0 saturated carbocycles. The van der Waals surface area contributed by atoms with Crippen molar-refractivity contribution in [3.8, 4) is 5.75 Å². The third kappa shape index (κ3) is 8.41. The first-order valence-electron chi connectivity index (χ1n) is 10.2. The standard InChI is InChI=1S/C22H30N4O4.HI/c1-16-5-6-18(20(10-16)30-15-17-7-9-28-14-17)11-25-22(23-2)26-13-21(27)24-12-19-4-3-8-29-19;/h3-6,8,10,17H,7,9,11-15H2,1-2H3,(H,24,27)(H2,23,25,26);1H. The van der Waals surface area contributed by atoms with Gasteiger partial charge in [-0.3, -0.25) is 9.79 Å². The smallest absolute Gasteiger partial charge is 0.239 e. The summed E-state index contributed by atoms with van der Waals surface area (Å²) in [4.78, 5) is 16.2. The first-order chi connectivity index (χ1) is 14.6. The van der Waals surface area contributed by atoms with Crippen molar-refractivity contribution in [1.29, 1.82) is 0 Å². The average molecular weight is 542 g/mol. The Labute approximate surface area is 200 Å². The number of hydrogen-bond acceptors (Lipinski definition) is 5. The number of benzene rings is 1. The number of carbonyl (C=O) groups is 1. The van der Waals surface area contributed by atoms with Gasteiger partial charge in [0.05, 0.1) is 32.6 Å². The number of amides is 1. The predicted molar refractivity (Wildman–Crippen MR) is 130 cm³/mol. The van der Waals surface area contributed by atoms with Crippen molar-refractivity contribution < 1.29 is 18.7 Å². The molecule has 2 heterocycles. The minimum absolute atomic E-state index is 0. The van der Waals surface area contributed by atoms with Gasteiger partial charge in [0.25, 0.3) is 0 Å². The van der Waals surface area contributed by atoms with E-state index in [0.717, 1.165) is 36.5 Å². The summed E-state index contributed by atoms with van der Waals surface area (Å²) in [5, 5.41) is 9.04. The number of furan rings is 1. The number of hydrogen-bond donors (Lipinski definition) is 3. The van der Waals surface area contributed by atoms with Crippen LogP contribution in [0.3, 0.4) is 0 Å². The molecular formula is C22H31IN4O4. The maximum atomic E-state index is 12.0. The Morgan fingerprint density at radius 2 is 2.10 bits per heavy atom. The van der Waals surface area contributed by atoms with Crippen LogP contribution in [0.25, 0.3) is 0 Å². The van der Waals surface area contributed by atoms with Crippen molar-refractivity contribution >= 4 is 35.8 Å². The highest BCUT2D eigenvalue weighted by Crippen LogP contribution is 2.22. The van der Waals surface area contributed by atoms with E-state index < -0.39 is 0 Å². The molecule has 1 saturated heterocycles. The maximum Gasteiger partial charge on any atom is 0.239 e. The summed E-state index contributed by atoms with van der Waals surface area (Å²) in [6.45, 7) is 5.27. The summed E-state index contributed by atoms with van der Waals surface area (Å²) < 4.78 is 16.7. The van der Waals surface area contributed by atoms with Crippen LogP contribution in [0.2, 0.25) is 0 Å². The van der Waals surface area contributed by atoms with E-state index in [4.69, 9.17) is 13.9 Å². The Bertz CT molecular complexity index is 836. The lowest BCUT2D eigenvalue weighted by Gasteiger charge is -2.17. The molecule has 1 aliphatic heterocycles. The zero-order valence-electron chi connectivity index (χ0n) is 18.0. The van der Waals surface area contributed by atoms with Gasteiger partial charge in [0.15, 0.2) is 5.96 Å². The zero-order valence-corrected chi connectivity index (χ0v) is 20.3. The van der Waals surface area contributed by atoms with E-state index >= 15 is 0 Å². The predicted octanol–water partition coefficient (Wildman–Crippen LogP) is 2.60. The number of ether oxygens (including phenoxy) is 2. The molecule has 1 aromatic carbocycles. The topological polar surface area (TPSA) is 97.1 Å². The molecule has 0 radical (unpaired) electrons. The van der Waals surface area contributed by atoms with E-state index in [-0.39, 0.29) is 36.4 Å². The summed E-state index contributed by atoms with van der Waals surface area (Å²) in [6, 6.07) is 9.75. The number of guanidine groups is 1. The second-order valence-corrected chi connectivity index (χ2v) is 7.29. The van der Waals surface area contributed by atoms with Crippen LogP contribution in [0.1, 0.15) is 23.3 Å². The molecule has 3 rings (SSSR count). The minimum Gasteiger partial charge on any atom is -0.493 e. The first-order valence-corrected chi connectivity index (χ1v) is 10.2. The van der Waals surface area contributed by atoms with Crippen molar-refractivity contribution in [2.75, 3.05) is 33.4 Å². The molecule has 8 nitrogen and oxygen atoms in total. The van der Waals surface area contributed by atoms with Crippen molar-refractivity contribution in [2.24, 2.45) is 10.9 Å². The van der Waals surface area contributed by atoms with Crippen LogP contribution in [0, 0.1) is 12.8 Å². The third-order valence-electron chi connectivity index (χ3n) is 4.85. The van der Waals surface area contributed by atoms with Gasteiger partial charge in [0.1, 0.15) is 11.5 Å². The van der Waals surface area contributed by atoms with E-state index in [1.165, 1.54) is 0 Å². The van der Waals surface area contributed by atoms with Crippen molar-refractivity contribution in [2.45, 2.75) is 26.4 Å². The number of halogens is 1. The lowest BCUT2D eigenvalue weighted by molar-refractivity contribution is -0.120. The number of aliphatic imine (C=N–C) groups is 1. The van der Waals surface area contributed by atoms with Gasteiger partial charge in [-0.2, -0.15) is 0 Å². The SMILES string of the molecule is CN=C(NCC(=O)NCc1ccco1)NCc1ccc(C)cc1OCC1CCOC1.I. The maximum absolute atomic E-state index is 12.0. The van der Waals surface area contributed by atoms with Crippen LogP contribution >= 0.6 is 24.0 Å². The Balaban J connectivity index is 0.00000341. The summed E-state index contributed by atoms with van der Waals surface area (Å²) in [5.41, 5.74) is 2.18. The quantitative estimate of drug-likeness (QED) is 0.256. The van der Waals surface area contributed by atoms with E-state index in [1.54, 1.807) is 19.4 Å². The highest BCUT2D eigenvalue weighted by atomic mass is 127. The monoisotopic (exact) mass is 542 g/mol. The Morgan fingerprint density at radius 3 is 2.81 bits per heavy atom. The molecule has 0 spiro atoms. The van der Waals surface area contributed by atoms with Crippen molar-refractivity contribution in [3.05, 3.63) is 53.5 Å². The number of nitrogens with zero attached hydrogens (tertiary/aromatic N) is 1. The van der Waals surface area contributed by atoms with Gasteiger partial charge in [0.2, 0.25) is 5.91 Å².